The minimum atomic E-state index is -1.99. The minimum Gasteiger partial charge on any atom is -0.309 e. The Morgan fingerprint density at radius 3 is 2.76 bits per heavy atom. The molecule has 25 heavy (non-hydrogen) atoms. The molecule has 0 amide bonds. The summed E-state index contributed by atoms with van der Waals surface area (Å²) < 4.78 is 26.8. The van der Waals surface area contributed by atoms with E-state index in [1.807, 2.05) is 11.6 Å². The fraction of sp³-hybridized carbons (Fsp3) is 0.294. The lowest BCUT2D eigenvalue weighted by atomic mass is 10.1. The third-order valence-corrected chi connectivity index (χ3v) is 6.93. The molecular weight excluding hydrogens is 361 g/mol. The number of hydrogen-bond donors (Lipinski definition) is 0. The van der Waals surface area contributed by atoms with Crippen LogP contribution in [0.4, 0.5) is 4.39 Å². The van der Waals surface area contributed by atoms with E-state index in [2.05, 4.69) is 16.1 Å². The summed E-state index contributed by atoms with van der Waals surface area (Å²) in [6.45, 7) is 0. The Kier molecular flexibility index (Phi) is 5.10. The first-order chi connectivity index (χ1) is 11.9. The molecule has 2 atom stereocenters. The van der Waals surface area contributed by atoms with Crippen LogP contribution in [0, 0.1) is 5.82 Å². The molecule has 1 aromatic carbocycles. The maximum atomic E-state index is 12.9. The molecule has 0 saturated carbocycles. The number of benzene rings is 1. The van der Waals surface area contributed by atoms with E-state index < -0.39 is 9.52 Å². The van der Waals surface area contributed by atoms with Crippen LogP contribution in [0.15, 0.2) is 40.9 Å². The highest BCUT2D eigenvalue weighted by atomic mass is 32.2. The van der Waals surface area contributed by atoms with Crippen LogP contribution in [0.1, 0.15) is 28.5 Å². The number of nitrogens with zero attached hydrogens (tertiary/aromatic N) is 3. The largest absolute Gasteiger partial charge is 0.309 e. The number of carbonyl (C=O) groups is 1. The lowest BCUT2D eigenvalue weighted by molar-refractivity contribution is 0.104. The van der Waals surface area contributed by atoms with Crippen LogP contribution in [-0.4, -0.2) is 42.1 Å². The first-order valence-corrected chi connectivity index (χ1v) is 10.7. The molecule has 0 spiro atoms. The Labute approximate surface area is 150 Å². The van der Waals surface area contributed by atoms with Crippen LogP contribution in [0.5, 0.6) is 0 Å². The van der Waals surface area contributed by atoms with Gasteiger partial charge in [0.1, 0.15) is 11.6 Å². The molecule has 132 valence electrons. The highest BCUT2D eigenvalue weighted by Gasteiger charge is 2.29. The molecule has 2 unspecified atom stereocenters. The molecule has 0 N–H and O–H groups in total. The van der Waals surface area contributed by atoms with Gasteiger partial charge in [0.15, 0.2) is 10.9 Å². The van der Waals surface area contributed by atoms with Crippen LogP contribution >= 0.6 is 11.8 Å². The zero-order valence-corrected chi connectivity index (χ0v) is 15.4. The number of ketones is 1. The number of rotatable bonds is 5. The van der Waals surface area contributed by atoms with Crippen molar-refractivity contribution in [2.75, 3.05) is 11.5 Å². The standard InChI is InChI=1S/C17H18FN3O2S2/c1-21-16(13-8-10-25(2,23)11-13)19-20-17(21)24-9-7-15(22)12-3-5-14(18)6-4-12/h3-7,9,13H,2,8,10-11H2,1H3/b9-7+. The Morgan fingerprint density at radius 1 is 1.40 bits per heavy atom. The first-order valence-electron chi connectivity index (χ1n) is 7.71. The number of carbonyl (C=O) groups excluding carboxylic acids is 1. The average molecular weight is 379 g/mol. The van der Waals surface area contributed by atoms with Gasteiger partial charge in [-0.05, 0) is 57.6 Å². The van der Waals surface area contributed by atoms with Crippen molar-refractivity contribution < 1.29 is 13.4 Å². The molecule has 2 heterocycles. The monoisotopic (exact) mass is 379 g/mol. The predicted octanol–water partition coefficient (Wildman–Crippen LogP) is 2.65. The summed E-state index contributed by atoms with van der Waals surface area (Å²) in [7, 11) is -0.129. The topological polar surface area (TPSA) is 64.8 Å². The molecule has 1 fully saturated rings. The van der Waals surface area contributed by atoms with E-state index in [0.29, 0.717) is 22.2 Å². The van der Waals surface area contributed by atoms with Crippen molar-refractivity contribution in [2.24, 2.45) is 7.05 Å². The van der Waals surface area contributed by atoms with Crippen molar-refractivity contribution in [3.05, 3.63) is 53.0 Å². The number of hydrogen-bond acceptors (Lipinski definition) is 5. The lowest BCUT2D eigenvalue weighted by Crippen LogP contribution is -2.08. The summed E-state index contributed by atoms with van der Waals surface area (Å²) in [5.41, 5.74) is 0.424. The second kappa shape index (κ2) is 7.13. The van der Waals surface area contributed by atoms with E-state index in [1.54, 1.807) is 5.41 Å². The van der Waals surface area contributed by atoms with Gasteiger partial charge in [-0.15, -0.1) is 10.2 Å². The van der Waals surface area contributed by atoms with Crippen molar-refractivity contribution in [1.82, 2.24) is 14.8 Å². The van der Waals surface area contributed by atoms with E-state index in [9.17, 15) is 13.4 Å². The Bertz CT molecular complexity index is 918. The SMILES string of the molecule is C=S1(=O)CCC(c2nnc(S/C=C/C(=O)c3ccc(F)cc3)n2C)C1. The third kappa shape index (κ3) is 4.19. The van der Waals surface area contributed by atoms with Gasteiger partial charge in [0.2, 0.25) is 0 Å². The maximum Gasteiger partial charge on any atom is 0.195 e. The normalized spacial score (nSPS) is 23.4. The van der Waals surface area contributed by atoms with Crippen molar-refractivity contribution in [3.63, 3.8) is 0 Å². The molecule has 1 saturated heterocycles. The fourth-order valence-corrected chi connectivity index (χ4v) is 5.33. The van der Waals surface area contributed by atoms with Gasteiger partial charge in [-0.1, -0.05) is 11.8 Å². The van der Waals surface area contributed by atoms with Gasteiger partial charge in [-0.3, -0.25) is 9.00 Å². The van der Waals surface area contributed by atoms with Gasteiger partial charge < -0.3 is 4.57 Å². The molecule has 3 rings (SSSR count). The van der Waals surface area contributed by atoms with Crippen molar-refractivity contribution >= 4 is 32.9 Å². The van der Waals surface area contributed by atoms with E-state index >= 15 is 0 Å². The molecule has 2 aromatic rings. The molecule has 1 aliphatic heterocycles. The van der Waals surface area contributed by atoms with Crippen LogP contribution < -0.4 is 0 Å². The minimum absolute atomic E-state index is 0.113. The van der Waals surface area contributed by atoms with Crippen LogP contribution in [0.3, 0.4) is 0 Å². The summed E-state index contributed by atoms with van der Waals surface area (Å²) in [5.74, 6) is 5.28. The molecule has 0 bridgehead atoms. The summed E-state index contributed by atoms with van der Waals surface area (Å²) in [6.07, 6.45) is 2.22. The highest BCUT2D eigenvalue weighted by molar-refractivity contribution is 8.02. The van der Waals surface area contributed by atoms with Crippen LogP contribution in [0.2, 0.25) is 0 Å². The van der Waals surface area contributed by atoms with Gasteiger partial charge in [-0.2, -0.15) is 0 Å². The second-order valence-electron chi connectivity index (χ2n) is 6.01. The van der Waals surface area contributed by atoms with Crippen molar-refractivity contribution in [2.45, 2.75) is 17.5 Å². The van der Waals surface area contributed by atoms with Gasteiger partial charge in [0.05, 0.1) is 0 Å². The second-order valence-corrected chi connectivity index (χ2v) is 9.56. The molecule has 0 aliphatic carbocycles. The number of allylic oxidation sites excluding steroid dienone is 1. The van der Waals surface area contributed by atoms with E-state index in [4.69, 9.17) is 0 Å². The maximum absolute atomic E-state index is 12.9. The van der Waals surface area contributed by atoms with E-state index in [-0.39, 0.29) is 17.5 Å². The molecule has 8 heteroatoms. The molecule has 5 nitrogen and oxygen atoms in total. The first kappa shape index (κ1) is 17.9. The van der Waals surface area contributed by atoms with Gasteiger partial charge in [0.25, 0.3) is 0 Å². The third-order valence-electron chi connectivity index (χ3n) is 4.10. The number of thioether (sulfide) groups is 1. The highest BCUT2D eigenvalue weighted by Crippen LogP contribution is 2.29. The van der Waals surface area contributed by atoms with Crippen LogP contribution in [-0.2, 0) is 16.6 Å². The smallest absolute Gasteiger partial charge is 0.195 e. The van der Waals surface area contributed by atoms with Gasteiger partial charge >= 0.3 is 0 Å². The summed E-state index contributed by atoms with van der Waals surface area (Å²) in [6, 6.07) is 5.41. The zero-order valence-electron chi connectivity index (χ0n) is 13.7. The van der Waals surface area contributed by atoms with Crippen molar-refractivity contribution in [3.8, 4) is 0 Å². The average Bonchev–Trinajstić information content (AvgIpc) is 3.10. The van der Waals surface area contributed by atoms with E-state index in [0.717, 1.165) is 12.2 Å². The zero-order chi connectivity index (χ0) is 18.0. The summed E-state index contributed by atoms with van der Waals surface area (Å²) in [5, 5.41) is 10.6. The van der Waals surface area contributed by atoms with E-state index in [1.165, 1.54) is 42.1 Å². The van der Waals surface area contributed by atoms with Gasteiger partial charge in [0, 0.05) is 30.0 Å². The quantitative estimate of drug-likeness (QED) is 0.346. The van der Waals surface area contributed by atoms with Crippen molar-refractivity contribution in [1.29, 1.82) is 0 Å². The molecule has 1 aliphatic rings. The Hall–Kier alpha value is -1.93. The number of halogens is 1. The summed E-state index contributed by atoms with van der Waals surface area (Å²) >= 11 is 1.28. The lowest BCUT2D eigenvalue weighted by Gasteiger charge is -2.07. The van der Waals surface area contributed by atoms with Gasteiger partial charge in [-0.25, -0.2) is 4.39 Å². The molecule has 0 radical (unpaired) electrons. The molecular formula is C17H18FN3O2S2. The Morgan fingerprint density at radius 2 is 2.12 bits per heavy atom. The van der Waals surface area contributed by atoms with Crippen LogP contribution in [0.25, 0.3) is 0 Å². The fourth-order valence-electron chi connectivity index (χ4n) is 2.75. The number of aromatic nitrogens is 3. The Balaban J connectivity index is 1.66. The summed E-state index contributed by atoms with van der Waals surface area (Å²) in [4.78, 5) is 12.0. The molecule has 1 aromatic heterocycles. The predicted molar refractivity (Wildman–Crippen MR) is 99.1 cm³/mol.